The van der Waals surface area contributed by atoms with Crippen molar-refractivity contribution in [2.75, 3.05) is 0 Å². The Balaban J connectivity index is 0.00000324. The fraction of sp³-hybridized carbons (Fsp3) is 0.357. The van der Waals surface area contributed by atoms with E-state index in [1.165, 1.54) is 12.1 Å². The molecule has 1 unspecified atom stereocenters. The largest absolute Gasteiger partial charge is 0.370 e. The molecule has 0 heterocycles. The molecule has 1 rings (SSSR count). The van der Waals surface area contributed by atoms with Crippen molar-refractivity contribution in [1.29, 1.82) is 0 Å². The minimum atomic E-state index is -0.513. The first-order valence-corrected chi connectivity index (χ1v) is 5.65. The van der Waals surface area contributed by atoms with Gasteiger partial charge in [-0.2, -0.15) is 0 Å². The van der Waals surface area contributed by atoms with E-state index in [-0.39, 0.29) is 41.3 Å². The standard InChI is InChI=1S/C14H18FN3.HI/c1-5-12(10-6-8-11(15)9-7-10)17-13(16)18-14(2,3)4;/h1,6-9,12H,2-4H3,(H3,16,17,18);1H. The van der Waals surface area contributed by atoms with Crippen molar-refractivity contribution in [2.45, 2.75) is 32.4 Å². The first kappa shape index (κ1) is 17.7. The Morgan fingerprint density at radius 2 is 1.89 bits per heavy atom. The Labute approximate surface area is 130 Å². The number of hydrogen-bond acceptors (Lipinski definition) is 1. The number of aliphatic imine (C=N–C) groups is 1. The molecular formula is C14H19FIN3. The van der Waals surface area contributed by atoms with Crippen molar-refractivity contribution in [3.05, 3.63) is 35.6 Å². The number of terminal acetylenes is 1. The van der Waals surface area contributed by atoms with E-state index in [0.717, 1.165) is 5.56 Å². The lowest BCUT2D eigenvalue weighted by molar-refractivity contribution is 0.507. The maximum atomic E-state index is 12.8. The van der Waals surface area contributed by atoms with E-state index in [9.17, 15) is 4.39 Å². The predicted octanol–water partition coefficient (Wildman–Crippen LogP) is 2.82. The average molecular weight is 375 g/mol. The van der Waals surface area contributed by atoms with E-state index >= 15 is 0 Å². The van der Waals surface area contributed by atoms with Crippen LogP contribution in [0, 0.1) is 18.2 Å². The Hall–Kier alpha value is -1.29. The topological polar surface area (TPSA) is 50.4 Å². The van der Waals surface area contributed by atoms with Crippen molar-refractivity contribution in [2.24, 2.45) is 10.7 Å². The van der Waals surface area contributed by atoms with E-state index in [1.807, 2.05) is 20.8 Å². The van der Waals surface area contributed by atoms with Crippen molar-refractivity contribution >= 4 is 29.9 Å². The Morgan fingerprint density at radius 3 is 2.32 bits per heavy atom. The van der Waals surface area contributed by atoms with Gasteiger partial charge in [0.2, 0.25) is 0 Å². The van der Waals surface area contributed by atoms with Crippen LogP contribution in [0.3, 0.4) is 0 Å². The van der Waals surface area contributed by atoms with Crippen LogP contribution in [0.4, 0.5) is 4.39 Å². The van der Waals surface area contributed by atoms with Gasteiger partial charge >= 0.3 is 0 Å². The van der Waals surface area contributed by atoms with Gasteiger partial charge in [-0.05, 0) is 38.5 Å². The maximum absolute atomic E-state index is 12.8. The molecule has 0 aliphatic heterocycles. The van der Waals surface area contributed by atoms with Crippen LogP contribution in [0.1, 0.15) is 32.4 Å². The summed E-state index contributed by atoms with van der Waals surface area (Å²) in [6.45, 7) is 5.91. The van der Waals surface area contributed by atoms with E-state index in [1.54, 1.807) is 12.1 Å². The monoisotopic (exact) mass is 375 g/mol. The molecule has 3 nitrogen and oxygen atoms in total. The molecule has 104 valence electrons. The minimum Gasteiger partial charge on any atom is -0.370 e. The first-order chi connectivity index (χ1) is 8.31. The van der Waals surface area contributed by atoms with Gasteiger partial charge in [-0.3, -0.25) is 0 Å². The molecule has 0 aliphatic carbocycles. The fourth-order valence-electron chi connectivity index (χ4n) is 1.41. The summed E-state index contributed by atoms with van der Waals surface area (Å²) in [4.78, 5) is 4.21. The molecule has 3 N–H and O–H groups in total. The van der Waals surface area contributed by atoms with Crippen molar-refractivity contribution in [3.8, 4) is 12.3 Å². The van der Waals surface area contributed by atoms with Crippen LogP contribution in [0.15, 0.2) is 29.3 Å². The van der Waals surface area contributed by atoms with Crippen molar-refractivity contribution < 1.29 is 4.39 Å². The molecule has 0 aliphatic rings. The molecule has 0 bridgehead atoms. The molecule has 0 radical (unpaired) electrons. The Bertz CT molecular complexity index is 469. The smallest absolute Gasteiger partial charge is 0.190 e. The van der Waals surface area contributed by atoms with Crippen molar-refractivity contribution in [1.82, 2.24) is 5.32 Å². The van der Waals surface area contributed by atoms with Gasteiger partial charge in [0.05, 0.1) is 0 Å². The lowest BCUT2D eigenvalue weighted by Gasteiger charge is -2.21. The molecule has 1 atom stereocenters. The maximum Gasteiger partial charge on any atom is 0.190 e. The van der Waals surface area contributed by atoms with Gasteiger partial charge in [-0.25, -0.2) is 9.38 Å². The summed E-state index contributed by atoms with van der Waals surface area (Å²) in [5.41, 5.74) is 6.32. The van der Waals surface area contributed by atoms with Crippen LogP contribution < -0.4 is 11.1 Å². The summed E-state index contributed by atoms with van der Waals surface area (Å²) >= 11 is 0. The minimum absolute atomic E-state index is 0. The number of rotatable bonds is 2. The molecule has 0 aromatic heterocycles. The number of benzene rings is 1. The highest BCUT2D eigenvalue weighted by molar-refractivity contribution is 14.0. The molecule has 1 aromatic carbocycles. The summed E-state index contributed by atoms with van der Waals surface area (Å²) in [5.74, 6) is 2.49. The molecule has 19 heavy (non-hydrogen) atoms. The zero-order valence-electron chi connectivity index (χ0n) is 11.3. The van der Waals surface area contributed by atoms with Crippen LogP contribution in [-0.2, 0) is 0 Å². The number of nitrogens with two attached hydrogens (primary N) is 1. The lowest BCUT2D eigenvalue weighted by Crippen LogP contribution is -2.45. The zero-order chi connectivity index (χ0) is 13.8. The summed E-state index contributed by atoms with van der Waals surface area (Å²) in [7, 11) is 0. The van der Waals surface area contributed by atoms with Gasteiger partial charge in [-0.15, -0.1) is 30.4 Å². The summed E-state index contributed by atoms with van der Waals surface area (Å²) in [6.07, 6.45) is 5.42. The third-order valence-corrected chi connectivity index (χ3v) is 2.11. The quantitative estimate of drug-likeness (QED) is 0.362. The second-order valence-corrected chi connectivity index (χ2v) is 5.01. The number of nitrogens with one attached hydrogen (secondary N) is 1. The summed E-state index contributed by atoms with van der Waals surface area (Å²) in [5, 5.41) is 3.02. The van der Waals surface area contributed by atoms with Gasteiger partial charge in [0.25, 0.3) is 0 Å². The SMILES string of the molecule is C#CC(N=C(N)NC(C)(C)C)c1ccc(F)cc1.I. The molecule has 0 saturated carbocycles. The molecule has 0 spiro atoms. The third kappa shape index (κ3) is 6.43. The number of hydrogen-bond donors (Lipinski definition) is 2. The van der Waals surface area contributed by atoms with Crippen LogP contribution in [0.5, 0.6) is 0 Å². The van der Waals surface area contributed by atoms with E-state index in [4.69, 9.17) is 12.2 Å². The number of nitrogens with zero attached hydrogens (tertiary/aromatic N) is 1. The number of halogens is 2. The second-order valence-electron chi connectivity index (χ2n) is 5.01. The summed E-state index contributed by atoms with van der Waals surface area (Å²) in [6, 6.07) is 5.40. The van der Waals surface area contributed by atoms with E-state index < -0.39 is 6.04 Å². The van der Waals surface area contributed by atoms with Crippen LogP contribution >= 0.6 is 24.0 Å². The molecule has 0 fully saturated rings. The third-order valence-electron chi connectivity index (χ3n) is 2.11. The normalized spacial score (nSPS) is 13.1. The second kappa shape index (κ2) is 7.34. The highest BCUT2D eigenvalue weighted by Gasteiger charge is 2.12. The lowest BCUT2D eigenvalue weighted by atomic mass is 10.1. The molecule has 0 amide bonds. The molecule has 0 saturated heterocycles. The Morgan fingerprint density at radius 1 is 1.37 bits per heavy atom. The molecule has 5 heteroatoms. The van der Waals surface area contributed by atoms with Gasteiger partial charge < -0.3 is 11.1 Å². The van der Waals surface area contributed by atoms with Crippen LogP contribution in [-0.4, -0.2) is 11.5 Å². The first-order valence-electron chi connectivity index (χ1n) is 5.65. The zero-order valence-corrected chi connectivity index (χ0v) is 13.6. The van der Waals surface area contributed by atoms with Gasteiger partial charge in [0.1, 0.15) is 11.9 Å². The molecular weight excluding hydrogens is 356 g/mol. The highest BCUT2D eigenvalue weighted by Crippen LogP contribution is 2.16. The molecule has 1 aromatic rings. The Kier molecular flexibility index (Phi) is 6.84. The number of guanidine groups is 1. The van der Waals surface area contributed by atoms with Crippen LogP contribution in [0.25, 0.3) is 0 Å². The highest BCUT2D eigenvalue weighted by atomic mass is 127. The summed E-state index contributed by atoms with van der Waals surface area (Å²) < 4.78 is 12.8. The van der Waals surface area contributed by atoms with Crippen molar-refractivity contribution in [3.63, 3.8) is 0 Å². The van der Waals surface area contributed by atoms with Gasteiger partial charge in [-0.1, -0.05) is 18.1 Å². The van der Waals surface area contributed by atoms with Gasteiger partial charge in [0, 0.05) is 5.54 Å². The predicted molar refractivity (Wildman–Crippen MR) is 87.9 cm³/mol. The van der Waals surface area contributed by atoms with Crippen LogP contribution in [0.2, 0.25) is 0 Å². The van der Waals surface area contributed by atoms with Gasteiger partial charge in [0.15, 0.2) is 5.96 Å². The van der Waals surface area contributed by atoms with E-state index in [2.05, 4.69) is 16.2 Å². The fourth-order valence-corrected chi connectivity index (χ4v) is 1.41. The van der Waals surface area contributed by atoms with E-state index in [0.29, 0.717) is 0 Å². The average Bonchev–Trinajstić information content (AvgIpc) is 2.25.